The quantitative estimate of drug-likeness (QED) is 0.730. The van der Waals surface area contributed by atoms with Crippen molar-refractivity contribution < 1.29 is 8.42 Å². The van der Waals surface area contributed by atoms with Crippen LogP contribution >= 0.6 is 12.4 Å². The molecule has 0 aromatic heterocycles. The first kappa shape index (κ1) is 14.2. The predicted molar refractivity (Wildman–Crippen MR) is 59.5 cm³/mol. The van der Waals surface area contributed by atoms with Crippen molar-refractivity contribution in [3.63, 3.8) is 0 Å². The van der Waals surface area contributed by atoms with Gasteiger partial charge in [0.15, 0.2) is 0 Å². The number of hydrogen-bond donors (Lipinski definition) is 2. The van der Waals surface area contributed by atoms with Gasteiger partial charge in [-0.05, 0) is 18.8 Å². The van der Waals surface area contributed by atoms with Crippen LogP contribution in [0.2, 0.25) is 0 Å². The maximum atomic E-state index is 10.6. The average molecular weight is 243 g/mol. The summed E-state index contributed by atoms with van der Waals surface area (Å²) in [6.07, 6.45) is 7.26. The molecule has 4 nitrogen and oxygen atoms in total. The van der Waals surface area contributed by atoms with E-state index in [9.17, 15) is 8.42 Å². The largest absolute Gasteiger partial charge is 0.274 e. The molecule has 0 aromatic rings. The molecule has 1 aliphatic carbocycles. The minimum Gasteiger partial charge on any atom is -0.216 e. The standard InChI is InChI=1S/C8H18N2O2S.ClH/c9-13(11,12)10-7-8-5-3-1-2-4-6-8;/h8,10H,1-7H2,(H2,9,11,12);1H. The van der Waals surface area contributed by atoms with Gasteiger partial charge in [-0.3, -0.25) is 0 Å². The molecule has 0 saturated heterocycles. The first-order valence-electron chi connectivity index (χ1n) is 4.85. The normalized spacial score (nSPS) is 19.8. The van der Waals surface area contributed by atoms with E-state index in [1.807, 2.05) is 0 Å². The van der Waals surface area contributed by atoms with Gasteiger partial charge < -0.3 is 0 Å². The van der Waals surface area contributed by atoms with Crippen LogP contribution in [0.1, 0.15) is 38.5 Å². The lowest BCUT2D eigenvalue weighted by Crippen LogP contribution is -2.34. The predicted octanol–water partition coefficient (Wildman–Crippen LogP) is 1.17. The van der Waals surface area contributed by atoms with Crippen LogP contribution < -0.4 is 9.86 Å². The van der Waals surface area contributed by atoms with Gasteiger partial charge in [0.05, 0.1) is 0 Å². The fourth-order valence-corrected chi connectivity index (χ4v) is 2.27. The van der Waals surface area contributed by atoms with Crippen LogP contribution in [0, 0.1) is 5.92 Å². The highest BCUT2D eigenvalue weighted by Gasteiger charge is 2.13. The Labute approximate surface area is 92.2 Å². The second kappa shape index (κ2) is 6.61. The van der Waals surface area contributed by atoms with Gasteiger partial charge in [0.25, 0.3) is 10.2 Å². The summed E-state index contributed by atoms with van der Waals surface area (Å²) < 4.78 is 23.6. The van der Waals surface area contributed by atoms with Crippen LogP contribution in [0.4, 0.5) is 0 Å². The third-order valence-corrected chi connectivity index (χ3v) is 3.12. The molecule has 0 unspecified atom stereocenters. The molecule has 0 spiro atoms. The Morgan fingerprint density at radius 1 is 1.14 bits per heavy atom. The number of halogens is 1. The molecule has 1 fully saturated rings. The highest BCUT2D eigenvalue weighted by molar-refractivity contribution is 7.87. The van der Waals surface area contributed by atoms with E-state index in [-0.39, 0.29) is 12.4 Å². The molecule has 6 heteroatoms. The fourth-order valence-electron chi connectivity index (χ4n) is 1.80. The molecule has 1 aliphatic rings. The van der Waals surface area contributed by atoms with Crippen LogP contribution in [-0.4, -0.2) is 15.0 Å². The maximum Gasteiger partial charge on any atom is 0.274 e. The zero-order chi connectivity index (χ0) is 9.73. The van der Waals surface area contributed by atoms with Crippen LogP contribution in [0.3, 0.4) is 0 Å². The van der Waals surface area contributed by atoms with Crippen molar-refractivity contribution in [2.45, 2.75) is 38.5 Å². The summed E-state index contributed by atoms with van der Waals surface area (Å²) in [6.45, 7) is 0.513. The molecule has 0 heterocycles. The van der Waals surface area contributed by atoms with Gasteiger partial charge in [0.2, 0.25) is 0 Å². The molecule has 0 aromatic carbocycles. The van der Waals surface area contributed by atoms with Crippen molar-refractivity contribution in [3.05, 3.63) is 0 Å². The lowest BCUT2D eigenvalue weighted by molar-refractivity contribution is 0.451. The summed E-state index contributed by atoms with van der Waals surface area (Å²) in [6, 6.07) is 0. The second-order valence-corrected chi connectivity index (χ2v) is 5.13. The van der Waals surface area contributed by atoms with Crippen molar-refractivity contribution >= 4 is 22.6 Å². The van der Waals surface area contributed by atoms with Gasteiger partial charge in [0.1, 0.15) is 0 Å². The SMILES string of the molecule is Cl.NS(=O)(=O)NCC1CCCCCC1. The number of nitrogens with two attached hydrogens (primary N) is 1. The molecule has 86 valence electrons. The lowest BCUT2D eigenvalue weighted by atomic mass is 10.0. The van der Waals surface area contributed by atoms with E-state index in [0.29, 0.717) is 12.5 Å². The van der Waals surface area contributed by atoms with E-state index < -0.39 is 10.2 Å². The summed E-state index contributed by atoms with van der Waals surface area (Å²) in [5.74, 6) is 0.487. The zero-order valence-corrected chi connectivity index (χ0v) is 9.87. The molecule has 3 N–H and O–H groups in total. The van der Waals surface area contributed by atoms with Crippen molar-refractivity contribution in [3.8, 4) is 0 Å². The van der Waals surface area contributed by atoms with E-state index in [1.165, 1.54) is 25.7 Å². The highest BCUT2D eigenvalue weighted by Crippen LogP contribution is 2.21. The van der Waals surface area contributed by atoms with E-state index in [0.717, 1.165) is 12.8 Å². The second-order valence-electron chi connectivity index (χ2n) is 3.75. The van der Waals surface area contributed by atoms with Gasteiger partial charge in [-0.15, -0.1) is 12.4 Å². The average Bonchev–Trinajstić information content (AvgIpc) is 2.26. The van der Waals surface area contributed by atoms with Crippen molar-refractivity contribution in [2.24, 2.45) is 11.1 Å². The summed E-state index contributed by atoms with van der Waals surface area (Å²) in [4.78, 5) is 0. The minimum absolute atomic E-state index is 0. The molecule has 1 rings (SSSR count). The zero-order valence-electron chi connectivity index (χ0n) is 8.24. The third kappa shape index (κ3) is 6.59. The molecule has 1 saturated carbocycles. The first-order chi connectivity index (χ1) is 6.08. The molecule has 0 aliphatic heterocycles. The van der Waals surface area contributed by atoms with Crippen LogP contribution in [0.5, 0.6) is 0 Å². The summed E-state index contributed by atoms with van der Waals surface area (Å²) in [5.41, 5.74) is 0. The van der Waals surface area contributed by atoms with Crippen molar-refractivity contribution in [2.75, 3.05) is 6.54 Å². The van der Waals surface area contributed by atoms with E-state index in [4.69, 9.17) is 5.14 Å². The molecular weight excluding hydrogens is 224 g/mol. The Morgan fingerprint density at radius 3 is 2.07 bits per heavy atom. The first-order valence-corrected chi connectivity index (χ1v) is 6.40. The van der Waals surface area contributed by atoms with E-state index in [2.05, 4.69) is 4.72 Å². The molecular formula is C8H19ClN2O2S. The number of nitrogens with one attached hydrogen (secondary N) is 1. The van der Waals surface area contributed by atoms with Gasteiger partial charge in [0, 0.05) is 6.54 Å². The minimum atomic E-state index is -3.49. The Morgan fingerprint density at radius 2 is 1.64 bits per heavy atom. The lowest BCUT2D eigenvalue weighted by Gasteiger charge is -2.13. The highest BCUT2D eigenvalue weighted by atomic mass is 35.5. The van der Waals surface area contributed by atoms with Gasteiger partial charge in [-0.25, -0.2) is 9.86 Å². The molecule has 0 radical (unpaired) electrons. The number of rotatable bonds is 3. The fraction of sp³-hybridized carbons (Fsp3) is 1.00. The molecule has 0 bridgehead atoms. The topological polar surface area (TPSA) is 72.2 Å². The van der Waals surface area contributed by atoms with Gasteiger partial charge >= 0.3 is 0 Å². The van der Waals surface area contributed by atoms with Gasteiger partial charge in [-0.2, -0.15) is 8.42 Å². The Hall–Kier alpha value is 0.160. The number of hydrogen-bond acceptors (Lipinski definition) is 2. The van der Waals surface area contributed by atoms with Crippen molar-refractivity contribution in [1.29, 1.82) is 0 Å². The Balaban J connectivity index is 0.00000169. The third-order valence-electron chi connectivity index (χ3n) is 2.55. The van der Waals surface area contributed by atoms with Crippen LogP contribution in [-0.2, 0) is 10.2 Å². The van der Waals surface area contributed by atoms with E-state index >= 15 is 0 Å². The van der Waals surface area contributed by atoms with Gasteiger partial charge in [-0.1, -0.05) is 25.7 Å². The summed E-state index contributed by atoms with van der Waals surface area (Å²) in [7, 11) is -3.49. The molecule has 0 atom stereocenters. The van der Waals surface area contributed by atoms with Crippen LogP contribution in [0.15, 0.2) is 0 Å². The smallest absolute Gasteiger partial charge is 0.216 e. The van der Waals surface area contributed by atoms with Crippen molar-refractivity contribution in [1.82, 2.24) is 4.72 Å². The molecule has 14 heavy (non-hydrogen) atoms. The summed E-state index contributed by atoms with van der Waals surface area (Å²) in [5, 5.41) is 4.85. The Bertz CT molecular complexity index is 236. The summed E-state index contributed by atoms with van der Waals surface area (Å²) >= 11 is 0. The van der Waals surface area contributed by atoms with Crippen LogP contribution in [0.25, 0.3) is 0 Å². The van der Waals surface area contributed by atoms with E-state index in [1.54, 1.807) is 0 Å². The Kier molecular flexibility index (Phi) is 6.68. The molecule has 0 amide bonds. The monoisotopic (exact) mass is 242 g/mol. The maximum absolute atomic E-state index is 10.6.